The first-order valence-electron chi connectivity index (χ1n) is 7.74. The number of anilines is 2. The van der Waals surface area contributed by atoms with E-state index in [0.29, 0.717) is 12.3 Å². The lowest BCUT2D eigenvalue weighted by Gasteiger charge is -2.12. The molecule has 2 amide bonds. The topological polar surface area (TPSA) is 87.5 Å². The molecule has 0 saturated heterocycles. The quantitative estimate of drug-likeness (QED) is 0.622. The zero-order chi connectivity index (χ0) is 17.5. The lowest BCUT2D eigenvalue weighted by molar-refractivity contribution is -0.136. The van der Waals surface area contributed by atoms with Gasteiger partial charge in [-0.2, -0.15) is 0 Å². The zero-order valence-corrected chi connectivity index (χ0v) is 14.1. The third-order valence-electron chi connectivity index (χ3n) is 3.46. The van der Waals surface area contributed by atoms with Crippen molar-refractivity contribution in [3.05, 3.63) is 41.7 Å². The Kier molecular flexibility index (Phi) is 5.95. The number of carbonyl (C=O) groups excluding carboxylic acids is 2. The van der Waals surface area contributed by atoms with Gasteiger partial charge in [-0.15, -0.1) is 0 Å². The van der Waals surface area contributed by atoms with Gasteiger partial charge in [0.1, 0.15) is 5.76 Å². The number of hydrogen-bond donors (Lipinski definition) is 2. The van der Waals surface area contributed by atoms with Crippen molar-refractivity contribution < 1.29 is 14.1 Å². The van der Waals surface area contributed by atoms with Crippen LogP contribution in [0.15, 0.2) is 34.9 Å². The Morgan fingerprint density at radius 3 is 2.46 bits per heavy atom. The van der Waals surface area contributed by atoms with Crippen LogP contribution < -0.4 is 15.5 Å². The predicted molar refractivity (Wildman–Crippen MR) is 92.0 cm³/mol. The van der Waals surface area contributed by atoms with Crippen LogP contribution in [0, 0.1) is 6.92 Å². The van der Waals surface area contributed by atoms with E-state index in [1.165, 1.54) is 5.56 Å². The summed E-state index contributed by atoms with van der Waals surface area (Å²) < 4.78 is 4.82. The standard InChI is InChI=1S/C17H22N4O3/c1-12-11-15(20-24-12)19-17(23)16(22)18-10-4-5-13-6-8-14(9-7-13)21(2)3/h6-9,11H,4-5,10H2,1-3H3,(H,18,22)(H,19,20,23). The summed E-state index contributed by atoms with van der Waals surface area (Å²) in [5, 5.41) is 8.57. The molecular weight excluding hydrogens is 308 g/mol. The van der Waals surface area contributed by atoms with Crippen LogP contribution in [0.2, 0.25) is 0 Å². The van der Waals surface area contributed by atoms with Crippen molar-refractivity contribution in [2.24, 2.45) is 0 Å². The predicted octanol–water partition coefficient (Wildman–Crippen LogP) is 1.74. The minimum Gasteiger partial charge on any atom is -0.378 e. The molecule has 2 aromatic rings. The number of rotatable bonds is 6. The van der Waals surface area contributed by atoms with Crippen LogP contribution in [0.25, 0.3) is 0 Å². The number of amides is 2. The lowest BCUT2D eigenvalue weighted by atomic mass is 10.1. The molecule has 7 heteroatoms. The smallest absolute Gasteiger partial charge is 0.314 e. The van der Waals surface area contributed by atoms with Crippen molar-refractivity contribution in [2.45, 2.75) is 19.8 Å². The van der Waals surface area contributed by atoms with E-state index >= 15 is 0 Å². The highest BCUT2D eigenvalue weighted by Gasteiger charge is 2.14. The third-order valence-corrected chi connectivity index (χ3v) is 3.46. The Morgan fingerprint density at radius 2 is 1.88 bits per heavy atom. The van der Waals surface area contributed by atoms with Crippen molar-refractivity contribution in [3.8, 4) is 0 Å². The maximum absolute atomic E-state index is 11.7. The average molecular weight is 330 g/mol. The summed E-state index contributed by atoms with van der Waals surface area (Å²) in [6.07, 6.45) is 1.58. The average Bonchev–Trinajstić information content (AvgIpc) is 2.96. The van der Waals surface area contributed by atoms with E-state index in [0.717, 1.165) is 18.5 Å². The van der Waals surface area contributed by atoms with E-state index in [2.05, 4.69) is 40.1 Å². The summed E-state index contributed by atoms with van der Waals surface area (Å²) in [6.45, 7) is 2.13. The van der Waals surface area contributed by atoms with Crippen molar-refractivity contribution in [3.63, 3.8) is 0 Å². The minimum absolute atomic E-state index is 0.230. The lowest BCUT2D eigenvalue weighted by Crippen LogP contribution is -2.36. The van der Waals surface area contributed by atoms with Crippen LogP contribution in [-0.2, 0) is 16.0 Å². The molecule has 24 heavy (non-hydrogen) atoms. The van der Waals surface area contributed by atoms with Gasteiger partial charge in [0.15, 0.2) is 5.82 Å². The van der Waals surface area contributed by atoms with Gasteiger partial charge in [0.25, 0.3) is 0 Å². The number of nitrogens with one attached hydrogen (secondary N) is 2. The molecule has 7 nitrogen and oxygen atoms in total. The van der Waals surface area contributed by atoms with Crippen LogP contribution in [-0.4, -0.2) is 37.6 Å². The number of carbonyl (C=O) groups is 2. The van der Waals surface area contributed by atoms with E-state index in [4.69, 9.17) is 4.52 Å². The molecule has 1 heterocycles. The molecule has 0 aliphatic carbocycles. The number of benzene rings is 1. The molecule has 128 valence electrons. The Bertz CT molecular complexity index is 692. The summed E-state index contributed by atoms with van der Waals surface area (Å²) in [5.74, 6) is -0.642. The maximum atomic E-state index is 11.7. The molecule has 0 atom stereocenters. The van der Waals surface area contributed by atoms with E-state index in [1.54, 1.807) is 13.0 Å². The molecule has 0 radical (unpaired) electrons. The first-order valence-corrected chi connectivity index (χ1v) is 7.74. The highest BCUT2D eigenvalue weighted by Crippen LogP contribution is 2.13. The second-order valence-corrected chi connectivity index (χ2v) is 5.70. The number of aromatic nitrogens is 1. The first-order chi connectivity index (χ1) is 11.5. The van der Waals surface area contributed by atoms with Gasteiger partial charge < -0.3 is 14.7 Å². The molecule has 0 aliphatic heterocycles. The largest absolute Gasteiger partial charge is 0.378 e. The van der Waals surface area contributed by atoms with Crippen LogP contribution in [0.3, 0.4) is 0 Å². The Morgan fingerprint density at radius 1 is 1.17 bits per heavy atom. The normalized spacial score (nSPS) is 10.3. The first kappa shape index (κ1) is 17.5. The van der Waals surface area contributed by atoms with Gasteiger partial charge >= 0.3 is 11.8 Å². The maximum Gasteiger partial charge on any atom is 0.314 e. The fourth-order valence-corrected chi connectivity index (χ4v) is 2.13. The van der Waals surface area contributed by atoms with Crippen molar-refractivity contribution >= 4 is 23.3 Å². The molecule has 1 aromatic heterocycles. The van der Waals surface area contributed by atoms with Gasteiger partial charge in [-0.05, 0) is 37.5 Å². The number of hydrogen-bond acceptors (Lipinski definition) is 5. The Labute approximate surface area is 141 Å². The van der Waals surface area contributed by atoms with Crippen molar-refractivity contribution in [2.75, 3.05) is 30.9 Å². The molecule has 2 rings (SSSR count). The van der Waals surface area contributed by atoms with Crippen molar-refractivity contribution in [1.29, 1.82) is 0 Å². The molecule has 0 aliphatic rings. The second-order valence-electron chi connectivity index (χ2n) is 5.70. The Balaban J connectivity index is 1.69. The van der Waals surface area contributed by atoms with Crippen LogP contribution >= 0.6 is 0 Å². The highest BCUT2D eigenvalue weighted by atomic mass is 16.5. The monoisotopic (exact) mass is 330 g/mol. The molecule has 2 N–H and O–H groups in total. The molecule has 1 aromatic carbocycles. The molecule has 0 spiro atoms. The molecule has 0 saturated carbocycles. The Hall–Kier alpha value is -2.83. The van der Waals surface area contributed by atoms with Crippen LogP contribution in [0.5, 0.6) is 0 Å². The van der Waals surface area contributed by atoms with Gasteiger partial charge in [-0.25, -0.2) is 0 Å². The summed E-state index contributed by atoms with van der Waals surface area (Å²) in [5.41, 5.74) is 2.34. The molecular formula is C17H22N4O3. The minimum atomic E-state index is -0.751. The van der Waals surface area contributed by atoms with Crippen LogP contribution in [0.1, 0.15) is 17.7 Å². The van der Waals surface area contributed by atoms with Crippen LogP contribution in [0.4, 0.5) is 11.5 Å². The highest BCUT2D eigenvalue weighted by molar-refractivity contribution is 6.39. The third kappa shape index (κ3) is 5.12. The van der Waals surface area contributed by atoms with Gasteiger partial charge in [0.2, 0.25) is 0 Å². The fourth-order valence-electron chi connectivity index (χ4n) is 2.13. The number of aryl methyl sites for hydroxylation is 2. The summed E-state index contributed by atoms with van der Waals surface area (Å²) in [4.78, 5) is 25.4. The fraction of sp³-hybridized carbons (Fsp3) is 0.353. The van der Waals surface area contributed by atoms with Gasteiger partial charge in [0, 0.05) is 32.4 Å². The SMILES string of the molecule is Cc1cc(NC(=O)C(=O)NCCCc2ccc(N(C)C)cc2)no1. The van der Waals surface area contributed by atoms with E-state index in [1.807, 2.05) is 19.0 Å². The molecule has 0 fully saturated rings. The van der Waals surface area contributed by atoms with E-state index in [9.17, 15) is 9.59 Å². The second kappa shape index (κ2) is 8.14. The summed E-state index contributed by atoms with van der Waals surface area (Å²) >= 11 is 0. The summed E-state index contributed by atoms with van der Waals surface area (Å²) in [7, 11) is 3.99. The number of nitrogens with zero attached hydrogens (tertiary/aromatic N) is 2. The summed E-state index contributed by atoms with van der Waals surface area (Å²) in [6, 6.07) is 9.79. The molecule has 0 unspecified atom stereocenters. The van der Waals surface area contributed by atoms with E-state index in [-0.39, 0.29) is 5.82 Å². The zero-order valence-electron chi connectivity index (χ0n) is 14.1. The van der Waals surface area contributed by atoms with Gasteiger partial charge in [-0.1, -0.05) is 17.3 Å². The van der Waals surface area contributed by atoms with Gasteiger partial charge in [0.05, 0.1) is 0 Å². The van der Waals surface area contributed by atoms with E-state index < -0.39 is 11.8 Å². The van der Waals surface area contributed by atoms with Crippen molar-refractivity contribution in [1.82, 2.24) is 10.5 Å². The molecule has 0 bridgehead atoms. The van der Waals surface area contributed by atoms with Gasteiger partial charge in [-0.3, -0.25) is 14.9 Å².